The number of aromatic nitrogens is 2. The Morgan fingerprint density at radius 1 is 1.48 bits per heavy atom. The molecule has 4 heterocycles. The maximum absolute atomic E-state index is 12.2. The van der Waals surface area contributed by atoms with Gasteiger partial charge in [0.05, 0.1) is 5.69 Å². The molecule has 21 heavy (non-hydrogen) atoms. The number of aryl methyl sites for hydroxylation is 1. The fourth-order valence-corrected chi connectivity index (χ4v) is 4.64. The van der Waals surface area contributed by atoms with Gasteiger partial charge in [0.2, 0.25) is 0 Å². The first-order valence-electron chi connectivity index (χ1n) is 7.64. The Morgan fingerprint density at radius 3 is 3.29 bits per heavy atom. The topological polar surface area (TPSA) is 49.6 Å². The maximum Gasteiger partial charge on any atom is 0.259 e. The summed E-state index contributed by atoms with van der Waals surface area (Å²) in [6.45, 7) is 6.08. The number of hydrogen-bond donors (Lipinski definition) is 1. The molecule has 0 aromatic carbocycles. The molecule has 0 spiro atoms. The third-order valence-electron chi connectivity index (χ3n) is 4.79. The van der Waals surface area contributed by atoms with Crippen molar-refractivity contribution in [2.45, 2.75) is 32.4 Å². The fourth-order valence-electron chi connectivity index (χ4n) is 3.75. The Morgan fingerprint density at radius 2 is 2.38 bits per heavy atom. The smallest absolute Gasteiger partial charge is 0.259 e. The summed E-state index contributed by atoms with van der Waals surface area (Å²) >= 11 is 1.54. The van der Waals surface area contributed by atoms with Gasteiger partial charge in [-0.05, 0) is 38.8 Å². The van der Waals surface area contributed by atoms with Crippen LogP contribution >= 0.6 is 11.3 Å². The van der Waals surface area contributed by atoms with Gasteiger partial charge in [-0.25, -0.2) is 4.98 Å². The molecule has 112 valence electrons. The molecule has 6 heteroatoms. The molecule has 0 bridgehead atoms. The predicted molar refractivity (Wildman–Crippen MR) is 83.9 cm³/mol. The zero-order valence-electron chi connectivity index (χ0n) is 12.2. The molecular formula is C15H20N4OS. The van der Waals surface area contributed by atoms with Crippen molar-refractivity contribution in [2.75, 3.05) is 19.6 Å². The van der Waals surface area contributed by atoms with Gasteiger partial charge in [-0.15, -0.1) is 11.3 Å². The second kappa shape index (κ2) is 5.19. The quantitative estimate of drug-likeness (QED) is 0.907. The minimum absolute atomic E-state index is 0.0480. The Balaban J connectivity index is 1.63. The van der Waals surface area contributed by atoms with Crippen LogP contribution in [-0.4, -0.2) is 40.0 Å². The van der Waals surface area contributed by atoms with Crippen LogP contribution < -0.4 is 10.9 Å². The van der Waals surface area contributed by atoms with E-state index in [0.29, 0.717) is 6.04 Å². The number of rotatable bonds is 2. The second-order valence-corrected chi connectivity index (χ2v) is 7.02. The molecule has 2 aromatic heterocycles. The van der Waals surface area contributed by atoms with Crippen LogP contribution in [0.3, 0.4) is 0 Å². The van der Waals surface area contributed by atoms with Crippen LogP contribution in [0.25, 0.3) is 4.96 Å². The van der Waals surface area contributed by atoms with Gasteiger partial charge >= 0.3 is 0 Å². The Labute approximate surface area is 127 Å². The van der Waals surface area contributed by atoms with E-state index in [1.807, 2.05) is 12.3 Å². The van der Waals surface area contributed by atoms with Crippen molar-refractivity contribution in [1.82, 2.24) is 19.6 Å². The highest BCUT2D eigenvalue weighted by atomic mass is 32.1. The van der Waals surface area contributed by atoms with E-state index in [0.717, 1.165) is 48.4 Å². The zero-order valence-corrected chi connectivity index (χ0v) is 13.0. The molecule has 4 rings (SSSR count). The number of hydrogen-bond acceptors (Lipinski definition) is 5. The third-order valence-corrected chi connectivity index (χ3v) is 5.73. The lowest BCUT2D eigenvalue weighted by Gasteiger charge is -2.36. The molecule has 2 aliphatic heterocycles. The van der Waals surface area contributed by atoms with E-state index in [1.165, 1.54) is 12.8 Å². The molecule has 0 saturated carbocycles. The molecular weight excluding hydrogens is 284 g/mol. The predicted octanol–water partition coefficient (Wildman–Crippen LogP) is 1.25. The van der Waals surface area contributed by atoms with Crippen LogP contribution in [-0.2, 0) is 6.54 Å². The van der Waals surface area contributed by atoms with Gasteiger partial charge in [-0.2, -0.15) is 0 Å². The van der Waals surface area contributed by atoms with Gasteiger partial charge in [0.1, 0.15) is 0 Å². The van der Waals surface area contributed by atoms with E-state index in [4.69, 9.17) is 0 Å². The van der Waals surface area contributed by atoms with Crippen molar-refractivity contribution in [3.8, 4) is 0 Å². The molecule has 2 fully saturated rings. The third kappa shape index (κ3) is 2.31. The van der Waals surface area contributed by atoms with E-state index >= 15 is 0 Å². The van der Waals surface area contributed by atoms with Gasteiger partial charge in [-0.3, -0.25) is 14.1 Å². The van der Waals surface area contributed by atoms with Gasteiger partial charge in [-0.1, -0.05) is 0 Å². The van der Waals surface area contributed by atoms with Crippen LogP contribution in [0.15, 0.2) is 16.2 Å². The number of nitrogens with zero attached hydrogens (tertiary/aromatic N) is 3. The summed E-state index contributed by atoms with van der Waals surface area (Å²) in [6, 6.07) is 2.32. The van der Waals surface area contributed by atoms with E-state index in [1.54, 1.807) is 21.8 Å². The Kier molecular flexibility index (Phi) is 3.32. The first-order valence-corrected chi connectivity index (χ1v) is 8.52. The summed E-state index contributed by atoms with van der Waals surface area (Å²) in [6.07, 6.45) is 2.58. The lowest BCUT2D eigenvalue weighted by molar-refractivity contribution is 0.116. The molecule has 2 unspecified atom stereocenters. The second-order valence-electron chi connectivity index (χ2n) is 6.18. The molecule has 1 N–H and O–H groups in total. The first-order chi connectivity index (χ1) is 10.2. The molecule has 0 radical (unpaired) electrons. The lowest BCUT2D eigenvalue weighted by Crippen LogP contribution is -2.44. The Bertz CT molecular complexity index is 722. The van der Waals surface area contributed by atoms with Crippen LogP contribution in [0.4, 0.5) is 0 Å². The standard InChI is InChI=1S/C15H20N4OS/c1-10-9-21-15-17-12(5-14(20)19(10)15)8-18-4-2-3-11-6-16-7-13(11)18/h5,9,11,13,16H,2-4,6-8H2,1H3. The van der Waals surface area contributed by atoms with Crippen LogP contribution in [0.5, 0.6) is 0 Å². The molecule has 5 nitrogen and oxygen atoms in total. The van der Waals surface area contributed by atoms with Gasteiger partial charge in [0, 0.05) is 36.3 Å². The number of nitrogens with one attached hydrogen (secondary N) is 1. The average molecular weight is 304 g/mol. The molecule has 0 aliphatic carbocycles. The minimum Gasteiger partial charge on any atom is -0.315 e. The minimum atomic E-state index is 0.0480. The van der Waals surface area contributed by atoms with Crippen LogP contribution in [0.1, 0.15) is 24.2 Å². The highest BCUT2D eigenvalue weighted by molar-refractivity contribution is 7.15. The van der Waals surface area contributed by atoms with Crippen molar-refractivity contribution in [3.05, 3.63) is 33.2 Å². The largest absolute Gasteiger partial charge is 0.315 e. The van der Waals surface area contributed by atoms with E-state index in [9.17, 15) is 4.79 Å². The van der Waals surface area contributed by atoms with Crippen LogP contribution in [0.2, 0.25) is 0 Å². The monoisotopic (exact) mass is 304 g/mol. The van der Waals surface area contributed by atoms with Crippen molar-refractivity contribution >= 4 is 16.3 Å². The zero-order chi connectivity index (χ0) is 14.4. The average Bonchev–Trinajstić information content (AvgIpc) is 3.06. The lowest BCUT2D eigenvalue weighted by atomic mass is 9.92. The highest BCUT2D eigenvalue weighted by Crippen LogP contribution is 2.27. The number of thiazole rings is 1. The molecule has 2 aliphatic rings. The van der Waals surface area contributed by atoms with Crippen molar-refractivity contribution in [2.24, 2.45) is 5.92 Å². The summed E-state index contributed by atoms with van der Waals surface area (Å²) in [7, 11) is 0. The van der Waals surface area contributed by atoms with Gasteiger partial charge in [0.25, 0.3) is 5.56 Å². The maximum atomic E-state index is 12.2. The first kappa shape index (κ1) is 13.4. The van der Waals surface area contributed by atoms with Crippen molar-refractivity contribution in [1.29, 1.82) is 0 Å². The Hall–Kier alpha value is -1.24. The van der Waals surface area contributed by atoms with Crippen LogP contribution in [0, 0.1) is 12.8 Å². The summed E-state index contributed by atoms with van der Waals surface area (Å²) in [5.74, 6) is 0.771. The highest BCUT2D eigenvalue weighted by Gasteiger charge is 2.34. The SMILES string of the molecule is Cc1csc2nc(CN3CCCC4CNCC43)cc(=O)n12. The van der Waals surface area contributed by atoms with E-state index < -0.39 is 0 Å². The number of fused-ring (bicyclic) bond motifs is 2. The number of piperidine rings is 1. The molecule has 0 amide bonds. The van der Waals surface area contributed by atoms with E-state index in [2.05, 4.69) is 15.2 Å². The van der Waals surface area contributed by atoms with Gasteiger partial charge < -0.3 is 5.32 Å². The summed E-state index contributed by atoms with van der Waals surface area (Å²) in [4.78, 5) is 20.3. The van der Waals surface area contributed by atoms with Crippen molar-refractivity contribution < 1.29 is 0 Å². The fraction of sp³-hybridized carbons (Fsp3) is 0.600. The summed E-state index contributed by atoms with van der Waals surface area (Å²) in [5, 5.41) is 5.49. The summed E-state index contributed by atoms with van der Waals surface area (Å²) < 4.78 is 1.70. The normalized spacial score (nSPS) is 26.3. The molecule has 2 atom stereocenters. The van der Waals surface area contributed by atoms with E-state index in [-0.39, 0.29) is 5.56 Å². The summed E-state index contributed by atoms with van der Waals surface area (Å²) in [5.41, 5.74) is 1.93. The molecule has 2 saturated heterocycles. The molecule has 2 aromatic rings. The van der Waals surface area contributed by atoms with Gasteiger partial charge in [0.15, 0.2) is 4.96 Å². The number of likely N-dealkylation sites (tertiary alicyclic amines) is 1. The van der Waals surface area contributed by atoms with Crippen molar-refractivity contribution in [3.63, 3.8) is 0 Å².